The minimum Gasteiger partial charge on any atom is -0.384 e. The van der Waals surface area contributed by atoms with Gasteiger partial charge in [-0.15, -0.1) is 0 Å². The van der Waals surface area contributed by atoms with Gasteiger partial charge in [-0.25, -0.2) is 0 Å². The van der Waals surface area contributed by atoms with E-state index in [1.54, 1.807) is 18.7 Å². The van der Waals surface area contributed by atoms with E-state index in [9.17, 15) is 18.3 Å². The van der Waals surface area contributed by atoms with Crippen LogP contribution >= 0.6 is 11.8 Å². The largest absolute Gasteiger partial charge is 0.416 e. The molecule has 0 amide bonds. The van der Waals surface area contributed by atoms with Crippen molar-refractivity contribution >= 4 is 11.8 Å². The van der Waals surface area contributed by atoms with Crippen molar-refractivity contribution in [2.45, 2.75) is 39.0 Å². The zero-order valence-electron chi connectivity index (χ0n) is 11.8. The molecular weight excluding hydrogens is 285 g/mol. The summed E-state index contributed by atoms with van der Waals surface area (Å²) in [5, 5.41) is 10.9. The second-order valence-corrected chi connectivity index (χ2v) is 7.38. The number of rotatable bonds is 1. The van der Waals surface area contributed by atoms with Gasteiger partial charge in [-0.1, -0.05) is 19.9 Å². The van der Waals surface area contributed by atoms with Crippen molar-refractivity contribution in [3.8, 4) is 0 Å². The van der Waals surface area contributed by atoms with E-state index in [-0.39, 0.29) is 5.41 Å². The molecule has 1 heterocycles. The van der Waals surface area contributed by atoms with Gasteiger partial charge in [0.25, 0.3) is 0 Å². The topological polar surface area (TPSA) is 20.2 Å². The maximum atomic E-state index is 12.7. The average Bonchev–Trinajstić information content (AvgIpc) is 2.25. The highest BCUT2D eigenvalue weighted by Gasteiger charge is 2.41. The lowest BCUT2D eigenvalue weighted by Crippen LogP contribution is -2.40. The fourth-order valence-electron chi connectivity index (χ4n) is 2.93. The molecule has 0 aromatic heterocycles. The van der Waals surface area contributed by atoms with Crippen LogP contribution in [0.2, 0.25) is 0 Å². The van der Waals surface area contributed by atoms with Gasteiger partial charge in [0.1, 0.15) is 0 Å². The number of aryl methyl sites for hydroxylation is 1. The SMILES string of the molecule is Cc1cc(C(F)(F)F)ccc1C1(O)CSCC(C)(C)C1. The van der Waals surface area contributed by atoms with Gasteiger partial charge in [-0.3, -0.25) is 0 Å². The lowest BCUT2D eigenvalue weighted by molar-refractivity contribution is -0.137. The van der Waals surface area contributed by atoms with Crippen LogP contribution in [0.25, 0.3) is 0 Å². The van der Waals surface area contributed by atoms with E-state index in [1.165, 1.54) is 6.07 Å². The van der Waals surface area contributed by atoms with E-state index in [2.05, 4.69) is 13.8 Å². The smallest absolute Gasteiger partial charge is 0.384 e. The first-order valence-electron chi connectivity index (χ1n) is 6.52. The van der Waals surface area contributed by atoms with E-state index >= 15 is 0 Å². The first kappa shape index (κ1) is 15.7. The molecule has 1 saturated heterocycles. The average molecular weight is 304 g/mol. The molecule has 5 heteroatoms. The van der Waals surface area contributed by atoms with Gasteiger partial charge in [-0.2, -0.15) is 24.9 Å². The maximum absolute atomic E-state index is 12.7. The normalized spacial score (nSPS) is 26.6. The lowest BCUT2D eigenvalue weighted by Gasteiger charge is -2.42. The molecular formula is C15H19F3OS. The summed E-state index contributed by atoms with van der Waals surface area (Å²) in [5.41, 5.74) is -0.607. The Hall–Kier alpha value is -0.680. The quantitative estimate of drug-likeness (QED) is 0.831. The number of hydrogen-bond acceptors (Lipinski definition) is 2. The van der Waals surface area contributed by atoms with Gasteiger partial charge in [0.2, 0.25) is 0 Å². The predicted octanol–water partition coefficient (Wildman–Crippen LogP) is 4.36. The van der Waals surface area contributed by atoms with Crippen molar-refractivity contribution < 1.29 is 18.3 Å². The Labute approximate surface area is 121 Å². The molecule has 1 nitrogen and oxygen atoms in total. The summed E-state index contributed by atoms with van der Waals surface area (Å²) in [4.78, 5) is 0. The summed E-state index contributed by atoms with van der Waals surface area (Å²) in [5.74, 6) is 1.48. The molecule has 1 unspecified atom stereocenters. The third-order valence-electron chi connectivity index (χ3n) is 3.66. The predicted molar refractivity (Wildman–Crippen MR) is 75.8 cm³/mol. The molecule has 2 rings (SSSR count). The van der Waals surface area contributed by atoms with E-state index in [0.717, 1.165) is 17.9 Å². The number of halogens is 3. The zero-order chi connectivity index (χ0) is 15.2. The zero-order valence-corrected chi connectivity index (χ0v) is 12.7. The van der Waals surface area contributed by atoms with Crippen LogP contribution in [0.15, 0.2) is 18.2 Å². The number of thioether (sulfide) groups is 1. The highest BCUT2D eigenvalue weighted by molar-refractivity contribution is 7.99. The van der Waals surface area contributed by atoms with Gasteiger partial charge >= 0.3 is 6.18 Å². The summed E-state index contributed by atoms with van der Waals surface area (Å²) >= 11 is 1.65. The minimum absolute atomic E-state index is 0.0210. The number of alkyl halides is 3. The Bertz CT molecular complexity index is 510. The minimum atomic E-state index is -4.34. The standard InChI is InChI=1S/C15H19F3OS/c1-10-6-11(15(16,17)18)4-5-12(10)14(19)7-13(2,3)8-20-9-14/h4-6,19H,7-9H2,1-3H3. The van der Waals surface area contributed by atoms with Crippen LogP contribution in [0.5, 0.6) is 0 Å². The van der Waals surface area contributed by atoms with Crippen LogP contribution < -0.4 is 0 Å². The molecule has 0 radical (unpaired) electrons. The van der Waals surface area contributed by atoms with Crippen molar-refractivity contribution in [3.63, 3.8) is 0 Å². The van der Waals surface area contributed by atoms with Crippen LogP contribution in [0.1, 0.15) is 37.0 Å². The molecule has 1 aliphatic heterocycles. The molecule has 1 fully saturated rings. The van der Waals surface area contributed by atoms with Gasteiger partial charge in [-0.05, 0) is 47.8 Å². The Balaban J connectivity index is 2.38. The van der Waals surface area contributed by atoms with Gasteiger partial charge in [0, 0.05) is 5.75 Å². The molecule has 1 aromatic rings. The molecule has 0 bridgehead atoms. The number of benzene rings is 1. The maximum Gasteiger partial charge on any atom is 0.416 e. The van der Waals surface area contributed by atoms with Crippen molar-refractivity contribution in [1.29, 1.82) is 0 Å². The van der Waals surface area contributed by atoms with E-state index in [1.807, 2.05) is 0 Å². The Morgan fingerprint density at radius 1 is 1.20 bits per heavy atom. The molecule has 1 aliphatic rings. The third-order valence-corrected chi connectivity index (χ3v) is 5.33. The van der Waals surface area contributed by atoms with Gasteiger partial charge in [0.05, 0.1) is 11.2 Å². The molecule has 0 saturated carbocycles. The fraction of sp³-hybridized carbons (Fsp3) is 0.600. The van der Waals surface area contributed by atoms with Gasteiger partial charge in [0.15, 0.2) is 0 Å². The van der Waals surface area contributed by atoms with Crippen LogP contribution in [0.4, 0.5) is 13.2 Å². The van der Waals surface area contributed by atoms with E-state index in [0.29, 0.717) is 23.3 Å². The Morgan fingerprint density at radius 2 is 1.85 bits per heavy atom. The number of hydrogen-bond donors (Lipinski definition) is 1. The molecule has 0 aliphatic carbocycles. The van der Waals surface area contributed by atoms with Crippen LogP contribution in [-0.2, 0) is 11.8 Å². The summed E-state index contributed by atoms with van der Waals surface area (Å²) in [6.45, 7) is 5.78. The third kappa shape index (κ3) is 3.14. The van der Waals surface area contributed by atoms with E-state index in [4.69, 9.17) is 0 Å². The molecule has 1 N–H and O–H groups in total. The molecule has 20 heavy (non-hydrogen) atoms. The second kappa shape index (κ2) is 4.95. The second-order valence-electron chi connectivity index (χ2n) is 6.39. The summed E-state index contributed by atoms with van der Waals surface area (Å²) in [7, 11) is 0. The Kier molecular flexibility index (Phi) is 3.89. The van der Waals surface area contributed by atoms with Gasteiger partial charge < -0.3 is 5.11 Å². The first-order valence-corrected chi connectivity index (χ1v) is 7.67. The van der Waals surface area contributed by atoms with Crippen molar-refractivity contribution in [2.24, 2.45) is 5.41 Å². The van der Waals surface area contributed by atoms with E-state index < -0.39 is 17.3 Å². The summed E-state index contributed by atoms with van der Waals surface area (Å²) in [6.07, 6.45) is -3.77. The highest BCUT2D eigenvalue weighted by atomic mass is 32.2. The monoisotopic (exact) mass is 304 g/mol. The van der Waals surface area contributed by atoms with Crippen molar-refractivity contribution in [2.75, 3.05) is 11.5 Å². The van der Waals surface area contributed by atoms with Crippen LogP contribution in [-0.4, -0.2) is 16.6 Å². The lowest BCUT2D eigenvalue weighted by atomic mass is 9.77. The number of aliphatic hydroxyl groups is 1. The Morgan fingerprint density at radius 3 is 2.35 bits per heavy atom. The molecule has 112 valence electrons. The summed E-state index contributed by atoms with van der Waals surface area (Å²) < 4.78 is 38.1. The van der Waals surface area contributed by atoms with Crippen LogP contribution in [0.3, 0.4) is 0 Å². The molecule has 1 aromatic carbocycles. The van der Waals surface area contributed by atoms with Crippen molar-refractivity contribution in [3.05, 3.63) is 34.9 Å². The summed E-state index contributed by atoms with van der Waals surface area (Å²) in [6, 6.07) is 3.62. The molecule has 1 atom stereocenters. The highest BCUT2D eigenvalue weighted by Crippen LogP contribution is 2.45. The first-order chi connectivity index (χ1) is 9.04. The van der Waals surface area contributed by atoms with Crippen LogP contribution in [0, 0.1) is 12.3 Å². The van der Waals surface area contributed by atoms with Crippen molar-refractivity contribution in [1.82, 2.24) is 0 Å². The fourth-order valence-corrected chi connectivity index (χ4v) is 4.28. The molecule has 0 spiro atoms.